The smallest absolute Gasteiger partial charge is 0.264 e. The number of halogens is 1. The van der Waals surface area contributed by atoms with E-state index in [1.54, 1.807) is 25.1 Å². The molecule has 0 amide bonds. The molecule has 0 aliphatic rings. The van der Waals surface area contributed by atoms with E-state index in [0.29, 0.717) is 16.0 Å². The number of rotatable bonds is 6. The fourth-order valence-electron chi connectivity index (χ4n) is 1.65. The van der Waals surface area contributed by atoms with Gasteiger partial charge in [0.1, 0.15) is 9.90 Å². The van der Waals surface area contributed by atoms with Gasteiger partial charge in [-0.3, -0.25) is 4.72 Å². The fraction of sp³-hybridized carbons (Fsp3) is 0.333. The molecule has 1 aromatic heterocycles. The third-order valence-electron chi connectivity index (χ3n) is 2.61. The van der Waals surface area contributed by atoms with E-state index < -0.39 is 10.0 Å². The molecule has 0 bridgehead atoms. The van der Waals surface area contributed by atoms with Gasteiger partial charge in [-0.2, -0.15) is 0 Å². The average Bonchev–Trinajstić information content (AvgIpc) is 2.80. The predicted octanol–water partition coefficient (Wildman–Crippen LogP) is 2.52. The second-order valence-corrected chi connectivity index (χ2v) is 7.96. The number of nitrogens with zero attached hydrogens (tertiary/aromatic N) is 2. The molecule has 0 saturated heterocycles. The first-order valence-electron chi connectivity index (χ1n) is 6.24. The Kier molecular flexibility index (Phi) is 5.31. The molecule has 0 spiro atoms. The van der Waals surface area contributed by atoms with Crippen molar-refractivity contribution >= 4 is 42.4 Å². The third-order valence-corrected chi connectivity index (χ3v) is 5.81. The van der Waals surface area contributed by atoms with E-state index in [9.17, 15) is 8.42 Å². The fourth-order valence-corrected chi connectivity index (χ4v) is 4.60. The van der Waals surface area contributed by atoms with Gasteiger partial charge in [-0.05, 0) is 47.1 Å². The van der Waals surface area contributed by atoms with Gasteiger partial charge in [0.05, 0.1) is 0 Å². The van der Waals surface area contributed by atoms with Crippen molar-refractivity contribution in [2.24, 2.45) is 0 Å². The van der Waals surface area contributed by atoms with Gasteiger partial charge in [0.25, 0.3) is 10.0 Å². The number of benzene rings is 1. The Hall–Kier alpha value is -1.03. The molecule has 0 unspecified atom stereocenters. The van der Waals surface area contributed by atoms with Gasteiger partial charge in [0.15, 0.2) is 0 Å². The molecule has 1 heterocycles. The summed E-state index contributed by atoms with van der Waals surface area (Å²) in [7, 11) is -3.68. The minimum atomic E-state index is -3.68. The lowest BCUT2D eigenvalue weighted by atomic mass is 10.2. The van der Waals surface area contributed by atoms with Gasteiger partial charge in [0.2, 0.25) is 5.13 Å². The summed E-state index contributed by atoms with van der Waals surface area (Å²) in [6.07, 6.45) is 0. The summed E-state index contributed by atoms with van der Waals surface area (Å²) in [5, 5.41) is 11.7. The van der Waals surface area contributed by atoms with Crippen LogP contribution in [0.3, 0.4) is 0 Å². The molecule has 21 heavy (non-hydrogen) atoms. The molecular weight excluding hydrogens is 376 g/mol. The van der Waals surface area contributed by atoms with Crippen LogP contribution in [0.25, 0.3) is 0 Å². The van der Waals surface area contributed by atoms with Gasteiger partial charge in [-0.1, -0.05) is 24.3 Å². The molecule has 0 radical (unpaired) electrons. The number of sulfonamides is 1. The minimum Gasteiger partial charge on any atom is -0.313 e. The zero-order valence-corrected chi connectivity index (χ0v) is 14.8. The standard InChI is InChI=1S/C12H15BrN4O2S2/c1-3-14-7-9-4-5-11(10(13)6-9)21(18,19)17-12-16-15-8(2)20-12/h4-6,14H,3,7H2,1-2H3,(H,16,17). The van der Waals surface area contributed by atoms with Crippen LogP contribution in [0, 0.1) is 6.92 Å². The highest BCUT2D eigenvalue weighted by molar-refractivity contribution is 9.10. The van der Waals surface area contributed by atoms with E-state index in [1.807, 2.05) is 6.92 Å². The van der Waals surface area contributed by atoms with Crippen molar-refractivity contribution in [3.05, 3.63) is 33.2 Å². The van der Waals surface area contributed by atoms with Crippen LogP contribution in [0.4, 0.5) is 5.13 Å². The summed E-state index contributed by atoms with van der Waals surface area (Å²) >= 11 is 4.51. The average molecular weight is 391 g/mol. The molecule has 2 rings (SSSR count). The molecule has 0 atom stereocenters. The summed E-state index contributed by atoms with van der Waals surface area (Å²) in [4.78, 5) is 0.176. The Morgan fingerprint density at radius 1 is 1.33 bits per heavy atom. The van der Waals surface area contributed by atoms with E-state index in [0.717, 1.165) is 12.1 Å². The van der Waals surface area contributed by atoms with E-state index in [-0.39, 0.29) is 10.0 Å². The minimum absolute atomic E-state index is 0.176. The Morgan fingerprint density at radius 3 is 2.67 bits per heavy atom. The van der Waals surface area contributed by atoms with Crippen molar-refractivity contribution in [2.75, 3.05) is 11.3 Å². The highest BCUT2D eigenvalue weighted by atomic mass is 79.9. The zero-order chi connectivity index (χ0) is 15.5. The van der Waals surface area contributed by atoms with Crippen LogP contribution < -0.4 is 10.0 Å². The van der Waals surface area contributed by atoms with Gasteiger partial charge in [-0.15, -0.1) is 10.2 Å². The topological polar surface area (TPSA) is 84.0 Å². The van der Waals surface area contributed by atoms with Crippen molar-refractivity contribution in [2.45, 2.75) is 25.3 Å². The maximum absolute atomic E-state index is 12.3. The van der Waals surface area contributed by atoms with Crippen LogP contribution in [-0.4, -0.2) is 25.2 Å². The SMILES string of the molecule is CCNCc1ccc(S(=O)(=O)Nc2nnc(C)s2)c(Br)c1. The second-order valence-electron chi connectivity index (χ2n) is 4.28. The highest BCUT2D eigenvalue weighted by Crippen LogP contribution is 2.26. The maximum atomic E-state index is 12.3. The lowest BCUT2D eigenvalue weighted by Gasteiger charge is -2.09. The monoisotopic (exact) mass is 390 g/mol. The molecule has 0 aliphatic heterocycles. The number of hydrogen-bond donors (Lipinski definition) is 2. The molecule has 6 nitrogen and oxygen atoms in total. The first-order chi connectivity index (χ1) is 9.92. The van der Waals surface area contributed by atoms with E-state index in [2.05, 4.69) is 36.2 Å². The Labute approximate surface area is 136 Å². The molecule has 0 saturated carbocycles. The van der Waals surface area contributed by atoms with Gasteiger partial charge >= 0.3 is 0 Å². The molecule has 2 N–H and O–H groups in total. The molecule has 0 aliphatic carbocycles. The number of aryl methyl sites for hydroxylation is 1. The highest BCUT2D eigenvalue weighted by Gasteiger charge is 2.19. The zero-order valence-electron chi connectivity index (χ0n) is 11.6. The third kappa shape index (κ3) is 4.22. The molecule has 2 aromatic rings. The van der Waals surface area contributed by atoms with E-state index in [1.165, 1.54) is 11.3 Å². The van der Waals surface area contributed by atoms with Crippen molar-refractivity contribution in [3.8, 4) is 0 Å². The summed E-state index contributed by atoms with van der Waals surface area (Å²) in [5.74, 6) is 0. The molecule has 1 aromatic carbocycles. The Bertz CT molecular complexity index is 731. The summed E-state index contributed by atoms with van der Waals surface area (Å²) in [5.41, 5.74) is 1.01. The second kappa shape index (κ2) is 6.82. The normalized spacial score (nSPS) is 11.6. The van der Waals surface area contributed by atoms with Crippen LogP contribution in [0.2, 0.25) is 0 Å². The summed E-state index contributed by atoms with van der Waals surface area (Å²) in [6, 6.07) is 5.16. The van der Waals surface area contributed by atoms with Crippen LogP contribution in [-0.2, 0) is 16.6 Å². The van der Waals surface area contributed by atoms with Crippen molar-refractivity contribution in [1.82, 2.24) is 15.5 Å². The summed E-state index contributed by atoms with van der Waals surface area (Å²) in [6.45, 7) is 5.33. The van der Waals surface area contributed by atoms with E-state index >= 15 is 0 Å². The van der Waals surface area contributed by atoms with Crippen LogP contribution in [0.15, 0.2) is 27.6 Å². The lowest BCUT2D eigenvalue weighted by molar-refractivity contribution is 0.600. The first kappa shape index (κ1) is 16.3. The van der Waals surface area contributed by atoms with Gasteiger partial charge in [0, 0.05) is 11.0 Å². The molecular formula is C12H15BrN4O2S2. The van der Waals surface area contributed by atoms with Crippen molar-refractivity contribution < 1.29 is 8.42 Å². The van der Waals surface area contributed by atoms with Crippen LogP contribution in [0.5, 0.6) is 0 Å². The van der Waals surface area contributed by atoms with Crippen molar-refractivity contribution in [3.63, 3.8) is 0 Å². The number of aromatic nitrogens is 2. The van der Waals surface area contributed by atoms with Gasteiger partial charge in [-0.25, -0.2) is 8.42 Å². The molecule has 0 fully saturated rings. The first-order valence-corrected chi connectivity index (χ1v) is 9.33. The Balaban J connectivity index is 2.23. The number of nitrogens with one attached hydrogen (secondary N) is 2. The predicted molar refractivity (Wildman–Crippen MR) is 87.0 cm³/mol. The van der Waals surface area contributed by atoms with Crippen molar-refractivity contribution in [1.29, 1.82) is 0 Å². The maximum Gasteiger partial charge on any atom is 0.264 e. The quantitative estimate of drug-likeness (QED) is 0.791. The molecule has 114 valence electrons. The lowest BCUT2D eigenvalue weighted by Crippen LogP contribution is -2.15. The van der Waals surface area contributed by atoms with Crippen LogP contribution >= 0.6 is 27.3 Å². The number of anilines is 1. The van der Waals surface area contributed by atoms with E-state index in [4.69, 9.17) is 0 Å². The number of hydrogen-bond acceptors (Lipinski definition) is 6. The summed E-state index contributed by atoms with van der Waals surface area (Å²) < 4.78 is 27.6. The van der Waals surface area contributed by atoms with Crippen LogP contribution in [0.1, 0.15) is 17.5 Å². The molecule has 9 heteroatoms. The van der Waals surface area contributed by atoms with Gasteiger partial charge < -0.3 is 5.32 Å². The largest absolute Gasteiger partial charge is 0.313 e. The Morgan fingerprint density at radius 2 is 2.10 bits per heavy atom.